The first kappa shape index (κ1) is 15.6. The Morgan fingerprint density at radius 1 is 1.19 bits per heavy atom. The molecule has 0 aromatic rings. The lowest BCUT2D eigenvalue weighted by Crippen LogP contribution is -2.40. The summed E-state index contributed by atoms with van der Waals surface area (Å²) in [4.78, 5) is 13.3. The van der Waals surface area contributed by atoms with E-state index in [2.05, 4.69) is 4.90 Å². The van der Waals surface area contributed by atoms with Gasteiger partial charge in [0.05, 0.1) is 13.2 Å². The second-order valence-corrected chi connectivity index (χ2v) is 4.39. The average Bonchev–Trinajstić information content (AvgIpc) is 2.32. The smallest absolute Gasteiger partial charge is 0.127 e. The lowest BCUT2D eigenvalue weighted by molar-refractivity contribution is -0.116. The van der Waals surface area contributed by atoms with Gasteiger partial charge < -0.3 is 14.3 Å². The summed E-state index contributed by atoms with van der Waals surface area (Å²) in [6, 6.07) is 0. The highest BCUT2D eigenvalue weighted by Crippen LogP contribution is 2.19. The van der Waals surface area contributed by atoms with Crippen LogP contribution in [-0.4, -0.2) is 58.3 Å². The molecule has 0 heterocycles. The minimum Gasteiger partial charge on any atom is -0.383 e. The first-order chi connectivity index (χ1) is 7.61. The second kappa shape index (κ2) is 8.67. The van der Waals surface area contributed by atoms with Gasteiger partial charge in [0, 0.05) is 39.3 Å². The summed E-state index contributed by atoms with van der Waals surface area (Å²) in [6.07, 6.45) is 1.91. The summed E-state index contributed by atoms with van der Waals surface area (Å²) >= 11 is 0. The van der Waals surface area contributed by atoms with Gasteiger partial charge in [0.1, 0.15) is 6.29 Å². The van der Waals surface area contributed by atoms with Crippen LogP contribution in [0.2, 0.25) is 0 Å². The van der Waals surface area contributed by atoms with Crippen molar-refractivity contribution < 1.29 is 14.3 Å². The quantitative estimate of drug-likeness (QED) is 0.530. The molecule has 0 aliphatic rings. The van der Waals surface area contributed by atoms with E-state index in [-0.39, 0.29) is 5.41 Å². The molecule has 0 fully saturated rings. The van der Waals surface area contributed by atoms with Gasteiger partial charge in [-0.15, -0.1) is 0 Å². The molecule has 96 valence electrons. The van der Waals surface area contributed by atoms with Crippen LogP contribution in [0.5, 0.6) is 0 Å². The fourth-order valence-electron chi connectivity index (χ4n) is 1.45. The summed E-state index contributed by atoms with van der Waals surface area (Å²) in [5, 5.41) is 0. The van der Waals surface area contributed by atoms with Crippen molar-refractivity contribution in [3.63, 3.8) is 0 Å². The molecule has 0 rings (SSSR count). The van der Waals surface area contributed by atoms with Crippen LogP contribution < -0.4 is 0 Å². The standard InChI is InChI=1S/C12H25NO3/c1-5-12(2,11-14)10-13(6-8-15-3)7-9-16-4/h11H,5-10H2,1-4H3. The summed E-state index contributed by atoms with van der Waals surface area (Å²) in [5.74, 6) is 0. The summed E-state index contributed by atoms with van der Waals surface area (Å²) < 4.78 is 10.1. The number of carbonyl (C=O) groups is 1. The first-order valence-electron chi connectivity index (χ1n) is 5.78. The molecule has 4 nitrogen and oxygen atoms in total. The van der Waals surface area contributed by atoms with Gasteiger partial charge in [0.2, 0.25) is 0 Å². The van der Waals surface area contributed by atoms with Crippen molar-refractivity contribution >= 4 is 6.29 Å². The molecule has 1 unspecified atom stereocenters. The molecule has 0 spiro atoms. The van der Waals surface area contributed by atoms with Gasteiger partial charge in [-0.3, -0.25) is 4.90 Å². The van der Waals surface area contributed by atoms with Crippen molar-refractivity contribution in [3.8, 4) is 0 Å². The van der Waals surface area contributed by atoms with Crippen LogP contribution in [0, 0.1) is 5.41 Å². The van der Waals surface area contributed by atoms with Crippen molar-refractivity contribution in [1.82, 2.24) is 4.90 Å². The third-order valence-corrected chi connectivity index (χ3v) is 2.90. The Labute approximate surface area is 98.9 Å². The van der Waals surface area contributed by atoms with Gasteiger partial charge in [0.25, 0.3) is 0 Å². The van der Waals surface area contributed by atoms with E-state index in [1.165, 1.54) is 0 Å². The lowest BCUT2D eigenvalue weighted by Gasteiger charge is -2.30. The summed E-state index contributed by atoms with van der Waals surface area (Å²) in [6.45, 7) is 7.84. The average molecular weight is 231 g/mol. The molecule has 0 N–H and O–H groups in total. The maximum absolute atomic E-state index is 11.1. The van der Waals surface area contributed by atoms with E-state index in [1.807, 2.05) is 13.8 Å². The van der Waals surface area contributed by atoms with Crippen LogP contribution in [0.1, 0.15) is 20.3 Å². The number of rotatable bonds is 10. The Bertz CT molecular complexity index is 179. The van der Waals surface area contributed by atoms with Crippen molar-refractivity contribution in [2.24, 2.45) is 5.41 Å². The molecule has 1 atom stereocenters. The largest absolute Gasteiger partial charge is 0.383 e. The molecule has 0 saturated heterocycles. The van der Waals surface area contributed by atoms with Crippen molar-refractivity contribution in [3.05, 3.63) is 0 Å². The normalized spacial score (nSPS) is 15.1. The minimum absolute atomic E-state index is 0.262. The SMILES string of the molecule is CCC(C)(C=O)CN(CCOC)CCOC. The van der Waals surface area contributed by atoms with Crippen molar-refractivity contribution in [1.29, 1.82) is 0 Å². The highest BCUT2D eigenvalue weighted by atomic mass is 16.5. The van der Waals surface area contributed by atoms with Crippen LogP contribution in [0.15, 0.2) is 0 Å². The predicted molar refractivity (Wildman–Crippen MR) is 64.7 cm³/mol. The zero-order valence-corrected chi connectivity index (χ0v) is 11.0. The molecule has 0 aliphatic heterocycles. The van der Waals surface area contributed by atoms with Crippen LogP contribution in [-0.2, 0) is 14.3 Å². The second-order valence-electron chi connectivity index (χ2n) is 4.39. The molecule has 0 aromatic heterocycles. The zero-order chi connectivity index (χ0) is 12.4. The first-order valence-corrected chi connectivity index (χ1v) is 5.78. The molecule has 0 aliphatic carbocycles. The predicted octanol–water partition coefficient (Wildman–Crippen LogP) is 1.20. The molecule has 0 aromatic carbocycles. The number of hydrogen-bond acceptors (Lipinski definition) is 4. The summed E-state index contributed by atoms with van der Waals surface area (Å²) in [7, 11) is 3.38. The third kappa shape index (κ3) is 6.20. The van der Waals surface area contributed by atoms with Crippen molar-refractivity contribution in [2.75, 3.05) is 47.1 Å². The van der Waals surface area contributed by atoms with E-state index in [0.717, 1.165) is 32.3 Å². The molecule has 0 bridgehead atoms. The Morgan fingerprint density at radius 2 is 1.69 bits per heavy atom. The monoisotopic (exact) mass is 231 g/mol. The minimum atomic E-state index is -0.262. The van der Waals surface area contributed by atoms with E-state index < -0.39 is 0 Å². The summed E-state index contributed by atoms with van der Waals surface area (Å²) in [5.41, 5.74) is -0.262. The van der Waals surface area contributed by atoms with Crippen LogP contribution in [0.3, 0.4) is 0 Å². The van der Waals surface area contributed by atoms with E-state index in [1.54, 1.807) is 14.2 Å². The van der Waals surface area contributed by atoms with E-state index in [0.29, 0.717) is 13.2 Å². The van der Waals surface area contributed by atoms with E-state index >= 15 is 0 Å². The Hall–Kier alpha value is -0.450. The molecule has 16 heavy (non-hydrogen) atoms. The highest BCUT2D eigenvalue weighted by Gasteiger charge is 2.24. The van der Waals surface area contributed by atoms with E-state index in [9.17, 15) is 4.79 Å². The number of nitrogens with zero attached hydrogens (tertiary/aromatic N) is 1. The van der Waals surface area contributed by atoms with Gasteiger partial charge in [-0.25, -0.2) is 0 Å². The van der Waals surface area contributed by atoms with Crippen molar-refractivity contribution in [2.45, 2.75) is 20.3 Å². The molecule has 0 radical (unpaired) electrons. The molecular weight excluding hydrogens is 206 g/mol. The van der Waals surface area contributed by atoms with Crippen LogP contribution in [0.25, 0.3) is 0 Å². The fourth-order valence-corrected chi connectivity index (χ4v) is 1.45. The maximum Gasteiger partial charge on any atom is 0.127 e. The van der Waals surface area contributed by atoms with Gasteiger partial charge in [0.15, 0.2) is 0 Å². The number of methoxy groups -OCH3 is 2. The van der Waals surface area contributed by atoms with E-state index in [4.69, 9.17) is 9.47 Å². The Kier molecular flexibility index (Phi) is 8.43. The van der Waals surface area contributed by atoms with Crippen LogP contribution in [0.4, 0.5) is 0 Å². The maximum atomic E-state index is 11.1. The van der Waals surface area contributed by atoms with Gasteiger partial charge >= 0.3 is 0 Å². The molecular formula is C12H25NO3. The number of ether oxygens (including phenoxy) is 2. The molecule has 4 heteroatoms. The Balaban J connectivity index is 4.21. The number of aldehydes is 1. The molecule has 0 amide bonds. The molecule has 0 saturated carbocycles. The highest BCUT2D eigenvalue weighted by molar-refractivity contribution is 5.58. The fraction of sp³-hybridized carbons (Fsp3) is 0.917. The number of hydrogen-bond donors (Lipinski definition) is 0. The Morgan fingerprint density at radius 3 is 2.00 bits per heavy atom. The zero-order valence-electron chi connectivity index (χ0n) is 11.0. The van der Waals surface area contributed by atoms with Crippen LogP contribution >= 0.6 is 0 Å². The van der Waals surface area contributed by atoms with Gasteiger partial charge in [-0.05, 0) is 6.42 Å². The third-order valence-electron chi connectivity index (χ3n) is 2.90. The lowest BCUT2D eigenvalue weighted by atomic mass is 9.89. The van der Waals surface area contributed by atoms with Gasteiger partial charge in [-0.1, -0.05) is 13.8 Å². The van der Waals surface area contributed by atoms with Gasteiger partial charge in [-0.2, -0.15) is 0 Å². The topological polar surface area (TPSA) is 38.8 Å². The number of carbonyl (C=O) groups excluding carboxylic acids is 1.